The molecule has 3 fully saturated rings. The van der Waals surface area contributed by atoms with Crippen molar-refractivity contribution in [1.82, 2.24) is 0 Å². The van der Waals surface area contributed by atoms with E-state index >= 15 is 0 Å². The molecule has 0 aromatic heterocycles. The topological polar surface area (TPSA) is 18.5 Å². The molecule has 0 aromatic carbocycles. The van der Waals surface area contributed by atoms with Crippen molar-refractivity contribution in [2.45, 2.75) is 45.8 Å². The highest BCUT2D eigenvalue weighted by molar-refractivity contribution is 5.53. The minimum absolute atomic E-state index is 0.289. The zero-order valence-electron chi connectivity index (χ0n) is 11.6. The molecule has 0 amide bonds. The van der Waals surface area contributed by atoms with Crippen molar-refractivity contribution in [1.29, 1.82) is 0 Å². The maximum absolute atomic E-state index is 5.93. The van der Waals surface area contributed by atoms with Crippen LogP contribution >= 0.6 is 0 Å². The van der Waals surface area contributed by atoms with Gasteiger partial charge in [0.15, 0.2) is 5.79 Å². The highest BCUT2D eigenvalue weighted by Crippen LogP contribution is 2.61. The first-order chi connectivity index (χ1) is 8.61. The Morgan fingerprint density at radius 2 is 1.72 bits per heavy atom. The molecule has 1 aliphatic heterocycles. The van der Waals surface area contributed by atoms with Crippen LogP contribution in [-0.4, -0.2) is 19.0 Å². The van der Waals surface area contributed by atoms with E-state index in [0.717, 1.165) is 37.9 Å². The molecule has 1 spiro atoms. The number of fused-ring (bicyclic) bond motifs is 2. The van der Waals surface area contributed by atoms with Crippen molar-refractivity contribution < 1.29 is 9.47 Å². The van der Waals surface area contributed by atoms with Crippen LogP contribution < -0.4 is 0 Å². The van der Waals surface area contributed by atoms with Gasteiger partial charge >= 0.3 is 0 Å². The Labute approximate surface area is 109 Å². The quantitative estimate of drug-likeness (QED) is 0.705. The van der Waals surface area contributed by atoms with Crippen LogP contribution in [-0.2, 0) is 9.47 Å². The van der Waals surface area contributed by atoms with E-state index in [4.69, 9.17) is 9.47 Å². The molecule has 2 atom stereocenters. The molecule has 98 valence electrons. The van der Waals surface area contributed by atoms with Gasteiger partial charge in [-0.3, -0.25) is 0 Å². The summed E-state index contributed by atoms with van der Waals surface area (Å²) in [5.74, 6) is 2.08. The lowest BCUT2D eigenvalue weighted by molar-refractivity contribution is -0.145. The molecule has 4 rings (SSSR count). The van der Waals surface area contributed by atoms with Crippen molar-refractivity contribution in [3.63, 3.8) is 0 Å². The van der Waals surface area contributed by atoms with Gasteiger partial charge in [-0.2, -0.15) is 0 Å². The highest BCUT2D eigenvalue weighted by Gasteiger charge is 2.53. The molecule has 2 nitrogen and oxygen atoms in total. The molecular formula is C16H22O2. The molecule has 0 aromatic rings. The number of rotatable bonds is 1. The summed E-state index contributed by atoms with van der Waals surface area (Å²) in [6.45, 7) is 8.56. The fraction of sp³-hybridized carbons (Fsp3) is 0.750. The van der Waals surface area contributed by atoms with Crippen molar-refractivity contribution in [3.05, 3.63) is 22.3 Å². The smallest absolute Gasteiger partial charge is 0.176 e. The fourth-order valence-electron chi connectivity index (χ4n) is 4.41. The summed E-state index contributed by atoms with van der Waals surface area (Å²) in [6.07, 6.45) is 3.38. The summed E-state index contributed by atoms with van der Waals surface area (Å²) in [4.78, 5) is 0. The second-order valence-corrected chi connectivity index (χ2v) is 6.66. The Morgan fingerprint density at radius 3 is 2.39 bits per heavy atom. The van der Waals surface area contributed by atoms with Crippen LogP contribution in [0.5, 0.6) is 0 Å². The molecule has 18 heavy (non-hydrogen) atoms. The molecular weight excluding hydrogens is 224 g/mol. The summed E-state index contributed by atoms with van der Waals surface area (Å²) in [7, 11) is 0. The third-order valence-corrected chi connectivity index (χ3v) is 5.26. The highest BCUT2D eigenvalue weighted by atomic mass is 16.7. The number of ether oxygens (including phenoxy) is 2. The molecule has 1 heterocycles. The summed E-state index contributed by atoms with van der Waals surface area (Å²) < 4.78 is 11.9. The first-order valence-electron chi connectivity index (χ1n) is 7.32. The Hall–Kier alpha value is -0.600. The van der Waals surface area contributed by atoms with Crippen molar-refractivity contribution in [3.8, 4) is 0 Å². The Kier molecular flexibility index (Phi) is 2.18. The van der Waals surface area contributed by atoms with Gasteiger partial charge in [-0.1, -0.05) is 25.0 Å². The number of hydrogen-bond donors (Lipinski definition) is 0. The van der Waals surface area contributed by atoms with Crippen LogP contribution in [0.1, 0.15) is 40.0 Å². The molecule has 0 bridgehead atoms. The fourth-order valence-corrected chi connectivity index (χ4v) is 4.41. The standard InChI is InChI=1S/C16H22O2/c1-9(2)15-12-6-11(12)10(3)13-7-16(8-14(13)15)17-4-5-18-16/h9,11-12H,4-8H2,1-3H3. The van der Waals surface area contributed by atoms with Crippen LogP contribution in [0.3, 0.4) is 0 Å². The third kappa shape index (κ3) is 1.36. The van der Waals surface area contributed by atoms with Crippen LogP contribution in [0.15, 0.2) is 22.3 Å². The molecule has 0 N–H and O–H groups in total. The molecule has 2 unspecified atom stereocenters. The predicted molar refractivity (Wildman–Crippen MR) is 70.0 cm³/mol. The molecule has 1 saturated heterocycles. The number of hydrogen-bond acceptors (Lipinski definition) is 2. The first-order valence-corrected chi connectivity index (χ1v) is 7.32. The maximum atomic E-state index is 5.93. The first kappa shape index (κ1) is 11.2. The summed E-state index contributed by atoms with van der Waals surface area (Å²) in [6, 6.07) is 0. The van der Waals surface area contributed by atoms with Crippen molar-refractivity contribution in [2.24, 2.45) is 17.8 Å². The second kappa shape index (κ2) is 3.49. The summed E-state index contributed by atoms with van der Waals surface area (Å²) >= 11 is 0. The normalized spacial score (nSPS) is 36.7. The molecule has 4 aliphatic rings. The molecule has 3 aliphatic carbocycles. The van der Waals surface area contributed by atoms with Gasteiger partial charge in [0.2, 0.25) is 0 Å². The lowest BCUT2D eigenvalue weighted by Gasteiger charge is -2.22. The SMILES string of the molecule is CC1=C2CC3(CC2=C(C(C)C)C2CC12)OCCO3. The van der Waals surface area contributed by atoms with E-state index in [1.165, 1.54) is 6.42 Å². The Balaban J connectivity index is 1.81. The zero-order chi connectivity index (χ0) is 12.5. The largest absolute Gasteiger partial charge is 0.347 e. The van der Waals surface area contributed by atoms with Gasteiger partial charge in [0.25, 0.3) is 0 Å². The lowest BCUT2D eigenvalue weighted by Crippen LogP contribution is -2.25. The van der Waals surface area contributed by atoms with Gasteiger partial charge in [-0.15, -0.1) is 0 Å². The van der Waals surface area contributed by atoms with Gasteiger partial charge in [0.05, 0.1) is 13.2 Å². The van der Waals surface area contributed by atoms with E-state index in [-0.39, 0.29) is 5.79 Å². The summed E-state index contributed by atoms with van der Waals surface area (Å²) in [5, 5.41) is 0. The van der Waals surface area contributed by atoms with Gasteiger partial charge < -0.3 is 9.47 Å². The van der Waals surface area contributed by atoms with E-state index in [0.29, 0.717) is 5.92 Å². The van der Waals surface area contributed by atoms with E-state index in [2.05, 4.69) is 20.8 Å². The minimum Gasteiger partial charge on any atom is -0.347 e. The molecule has 2 saturated carbocycles. The van der Waals surface area contributed by atoms with Gasteiger partial charge in [-0.25, -0.2) is 0 Å². The monoisotopic (exact) mass is 246 g/mol. The van der Waals surface area contributed by atoms with Crippen LogP contribution in [0.2, 0.25) is 0 Å². The van der Waals surface area contributed by atoms with E-state index in [1.807, 2.05) is 0 Å². The average Bonchev–Trinajstić information content (AvgIpc) is 2.82. The molecule has 2 heteroatoms. The Morgan fingerprint density at radius 1 is 1.06 bits per heavy atom. The number of allylic oxidation sites excluding steroid dienone is 2. The summed E-state index contributed by atoms with van der Waals surface area (Å²) in [5.41, 5.74) is 6.54. The van der Waals surface area contributed by atoms with E-state index < -0.39 is 0 Å². The van der Waals surface area contributed by atoms with Crippen LogP contribution in [0.25, 0.3) is 0 Å². The van der Waals surface area contributed by atoms with Gasteiger partial charge in [0.1, 0.15) is 0 Å². The average molecular weight is 246 g/mol. The lowest BCUT2D eigenvalue weighted by atomic mass is 9.83. The van der Waals surface area contributed by atoms with E-state index in [1.54, 1.807) is 22.3 Å². The van der Waals surface area contributed by atoms with Crippen molar-refractivity contribution >= 4 is 0 Å². The van der Waals surface area contributed by atoms with Crippen LogP contribution in [0, 0.1) is 17.8 Å². The van der Waals surface area contributed by atoms with Crippen LogP contribution in [0.4, 0.5) is 0 Å². The van der Waals surface area contributed by atoms with Gasteiger partial charge in [0, 0.05) is 12.8 Å². The van der Waals surface area contributed by atoms with Crippen molar-refractivity contribution in [2.75, 3.05) is 13.2 Å². The third-order valence-electron chi connectivity index (χ3n) is 5.26. The predicted octanol–water partition coefficient (Wildman–Crippen LogP) is 3.44. The minimum atomic E-state index is -0.289. The zero-order valence-corrected chi connectivity index (χ0v) is 11.6. The second-order valence-electron chi connectivity index (χ2n) is 6.66. The van der Waals surface area contributed by atoms with E-state index in [9.17, 15) is 0 Å². The molecule has 0 radical (unpaired) electrons. The van der Waals surface area contributed by atoms with Gasteiger partial charge in [-0.05, 0) is 42.2 Å². The Bertz CT molecular complexity index is 463. The maximum Gasteiger partial charge on any atom is 0.176 e.